The monoisotopic (exact) mass is 400 g/mol. The summed E-state index contributed by atoms with van der Waals surface area (Å²) >= 11 is 7.48. The summed E-state index contributed by atoms with van der Waals surface area (Å²) in [6, 6.07) is 11.4. The quantitative estimate of drug-likeness (QED) is 0.414. The first-order chi connectivity index (χ1) is 11.8. The lowest BCUT2D eigenvalue weighted by Gasteiger charge is -2.08. The average Bonchev–Trinajstić information content (AvgIpc) is 2.54. The molecule has 0 aromatic heterocycles. The van der Waals surface area contributed by atoms with Gasteiger partial charge in [0.05, 0.1) is 9.82 Å². The predicted molar refractivity (Wildman–Crippen MR) is 101 cm³/mol. The second-order valence-electron chi connectivity index (χ2n) is 5.29. The fourth-order valence-corrected chi connectivity index (χ4v) is 4.30. The van der Waals surface area contributed by atoms with E-state index in [2.05, 4.69) is 4.72 Å². The van der Waals surface area contributed by atoms with Crippen molar-refractivity contribution in [2.45, 2.75) is 17.6 Å². The number of benzene rings is 2. The van der Waals surface area contributed by atoms with E-state index in [1.807, 2.05) is 18.2 Å². The van der Waals surface area contributed by atoms with Crippen LogP contribution in [0.4, 0.5) is 5.69 Å². The van der Waals surface area contributed by atoms with Crippen LogP contribution in [-0.2, 0) is 15.8 Å². The summed E-state index contributed by atoms with van der Waals surface area (Å²) in [7, 11) is -3.77. The number of sulfonamides is 1. The molecule has 0 aliphatic carbocycles. The van der Waals surface area contributed by atoms with Crippen LogP contribution in [0.2, 0.25) is 5.02 Å². The predicted octanol–water partition coefficient (Wildman–Crippen LogP) is 3.77. The van der Waals surface area contributed by atoms with Crippen molar-refractivity contribution in [2.24, 2.45) is 0 Å². The van der Waals surface area contributed by atoms with Gasteiger partial charge in [-0.3, -0.25) is 10.1 Å². The van der Waals surface area contributed by atoms with Crippen LogP contribution in [0.3, 0.4) is 0 Å². The molecule has 0 fully saturated rings. The number of nitrogens with one attached hydrogen (secondary N) is 1. The summed E-state index contributed by atoms with van der Waals surface area (Å²) in [5, 5.41) is 11.6. The van der Waals surface area contributed by atoms with Crippen molar-refractivity contribution in [3.8, 4) is 0 Å². The Kier molecular flexibility index (Phi) is 6.83. The van der Waals surface area contributed by atoms with Crippen molar-refractivity contribution in [3.05, 3.63) is 68.7 Å². The van der Waals surface area contributed by atoms with Crippen LogP contribution in [0, 0.1) is 17.0 Å². The lowest BCUT2D eigenvalue weighted by Crippen LogP contribution is -2.26. The van der Waals surface area contributed by atoms with Gasteiger partial charge in [-0.25, -0.2) is 13.1 Å². The standard InChI is InChI=1S/C16H17ClN2O4S2/c1-12-5-6-15(10-16(12)19(20)21)25(22,23)18-7-8-24-11-13-3-2-4-14(17)9-13/h2-6,9-10,18H,7-8,11H2,1H3. The van der Waals surface area contributed by atoms with Crippen LogP contribution in [0.5, 0.6) is 0 Å². The number of nitro benzene ring substituents is 1. The van der Waals surface area contributed by atoms with Gasteiger partial charge in [0.15, 0.2) is 0 Å². The van der Waals surface area contributed by atoms with Gasteiger partial charge in [-0.15, -0.1) is 0 Å². The van der Waals surface area contributed by atoms with Crippen LogP contribution in [0.25, 0.3) is 0 Å². The van der Waals surface area contributed by atoms with Gasteiger partial charge in [0.25, 0.3) is 5.69 Å². The molecule has 0 spiro atoms. The van der Waals surface area contributed by atoms with E-state index in [1.54, 1.807) is 24.8 Å². The maximum absolute atomic E-state index is 12.2. The van der Waals surface area contributed by atoms with Crippen molar-refractivity contribution in [1.82, 2.24) is 4.72 Å². The zero-order valence-corrected chi connectivity index (χ0v) is 15.8. The lowest BCUT2D eigenvalue weighted by molar-refractivity contribution is -0.385. The van der Waals surface area contributed by atoms with Crippen LogP contribution >= 0.6 is 23.4 Å². The molecule has 0 aliphatic heterocycles. The zero-order chi connectivity index (χ0) is 18.4. The molecule has 134 valence electrons. The van der Waals surface area contributed by atoms with Crippen molar-refractivity contribution in [2.75, 3.05) is 12.3 Å². The zero-order valence-electron chi connectivity index (χ0n) is 13.4. The molecule has 2 rings (SSSR count). The summed E-state index contributed by atoms with van der Waals surface area (Å²) in [6.07, 6.45) is 0. The fourth-order valence-electron chi connectivity index (χ4n) is 2.10. The van der Waals surface area contributed by atoms with E-state index in [0.29, 0.717) is 16.3 Å². The normalized spacial score (nSPS) is 11.4. The molecule has 2 aromatic rings. The van der Waals surface area contributed by atoms with Crippen LogP contribution in [-0.4, -0.2) is 25.6 Å². The molecule has 2 aromatic carbocycles. The minimum atomic E-state index is -3.77. The Bertz CT molecular complexity index is 872. The third-order valence-corrected chi connectivity index (χ3v) is 6.11. The van der Waals surface area contributed by atoms with Crippen LogP contribution in [0.1, 0.15) is 11.1 Å². The maximum Gasteiger partial charge on any atom is 0.273 e. The SMILES string of the molecule is Cc1ccc(S(=O)(=O)NCCSCc2cccc(Cl)c2)cc1[N+](=O)[O-]. The highest BCUT2D eigenvalue weighted by Crippen LogP contribution is 2.22. The number of nitrogens with zero attached hydrogens (tertiary/aromatic N) is 1. The van der Waals surface area contributed by atoms with E-state index in [9.17, 15) is 18.5 Å². The molecule has 9 heteroatoms. The molecule has 0 saturated heterocycles. The molecular formula is C16H17ClN2O4S2. The van der Waals surface area contributed by atoms with Crippen molar-refractivity contribution >= 4 is 39.1 Å². The van der Waals surface area contributed by atoms with Gasteiger partial charge in [0.2, 0.25) is 10.0 Å². The Balaban J connectivity index is 1.89. The molecular weight excluding hydrogens is 384 g/mol. The summed E-state index contributed by atoms with van der Waals surface area (Å²) in [5.41, 5.74) is 1.27. The Morgan fingerprint density at radius 1 is 1.24 bits per heavy atom. The molecule has 0 atom stereocenters. The first kappa shape index (κ1) is 19.7. The van der Waals surface area contributed by atoms with Crippen molar-refractivity contribution < 1.29 is 13.3 Å². The molecule has 0 radical (unpaired) electrons. The molecule has 6 nitrogen and oxygen atoms in total. The maximum atomic E-state index is 12.2. The number of nitro groups is 1. The number of hydrogen-bond donors (Lipinski definition) is 1. The number of halogens is 1. The Labute approximate surface area is 155 Å². The van der Waals surface area contributed by atoms with Gasteiger partial charge in [0.1, 0.15) is 0 Å². The van der Waals surface area contributed by atoms with E-state index in [-0.39, 0.29) is 17.1 Å². The highest BCUT2D eigenvalue weighted by atomic mass is 35.5. The van der Waals surface area contributed by atoms with Gasteiger partial charge >= 0.3 is 0 Å². The van der Waals surface area contributed by atoms with Gasteiger partial charge in [-0.1, -0.05) is 29.8 Å². The van der Waals surface area contributed by atoms with Crippen LogP contribution < -0.4 is 4.72 Å². The van der Waals surface area contributed by atoms with E-state index < -0.39 is 14.9 Å². The lowest BCUT2D eigenvalue weighted by atomic mass is 10.2. The van der Waals surface area contributed by atoms with E-state index in [0.717, 1.165) is 17.4 Å². The molecule has 0 heterocycles. The Hall–Kier alpha value is -1.61. The van der Waals surface area contributed by atoms with Gasteiger partial charge in [-0.05, 0) is 30.7 Å². The molecule has 0 unspecified atom stereocenters. The number of hydrogen-bond acceptors (Lipinski definition) is 5. The summed E-state index contributed by atoms with van der Waals surface area (Å²) in [5.74, 6) is 1.29. The van der Waals surface area contributed by atoms with Gasteiger partial charge < -0.3 is 0 Å². The first-order valence-electron chi connectivity index (χ1n) is 7.36. The number of thioether (sulfide) groups is 1. The fraction of sp³-hybridized carbons (Fsp3) is 0.250. The van der Waals surface area contributed by atoms with Gasteiger partial charge in [-0.2, -0.15) is 11.8 Å². The molecule has 0 aliphatic rings. The Morgan fingerprint density at radius 3 is 2.68 bits per heavy atom. The molecule has 0 saturated carbocycles. The first-order valence-corrected chi connectivity index (χ1v) is 10.4. The highest BCUT2D eigenvalue weighted by Gasteiger charge is 2.19. The van der Waals surface area contributed by atoms with E-state index in [1.165, 1.54) is 12.1 Å². The highest BCUT2D eigenvalue weighted by molar-refractivity contribution is 7.98. The molecule has 25 heavy (non-hydrogen) atoms. The molecule has 0 amide bonds. The third kappa shape index (κ3) is 5.71. The average molecular weight is 401 g/mol. The van der Waals surface area contributed by atoms with E-state index >= 15 is 0 Å². The summed E-state index contributed by atoms with van der Waals surface area (Å²) in [6.45, 7) is 1.80. The second-order valence-corrected chi connectivity index (χ2v) is 8.59. The minimum absolute atomic E-state index is 0.107. The van der Waals surface area contributed by atoms with Gasteiger partial charge in [0, 0.05) is 34.7 Å². The van der Waals surface area contributed by atoms with Crippen molar-refractivity contribution in [1.29, 1.82) is 0 Å². The molecule has 1 N–H and O–H groups in total. The van der Waals surface area contributed by atoms with Crippen molar-refractivity contribution in [3.63, 3.8) is 0 Å². The largest absolute Gasteiger partial charge is 0.273 e. The number of rotatable bonds is 8. The number of aryl methyl sites for hydroxylation is 1. The van der Waals surface area contributed by atoms with E-state index in [4.69, 9.17) is 11.6 Å². The van der Waals surface area contributed by atoms with Crippen LogP contribution in [0.15, 0.2) is 47.4 Å². The second kappa shape index (κ2) is 8.66. The Morgan fingerprint density at radius 2 is 2.00 bits per heavy atom. The minimum Gasteiger partial charge on any atom is -0.258 e. The molecule has 0 bridgehead atoms. The smallest absolute Gasteiger partial charge is 0.258 e. The third-order valence-electron chi connectivity index (χ3n) is 3.38. The summed E-state index contributed by atoms with van der Waals surface area (Å²) < 4.78 is 26.9. The topological polar surface area (TPSA) is 89.3 Å². The summed E-state index contributed by atoms with van der Waals surface area (Å²) in [4.78, 5) is 10.2.